The van der Waals surface area contributed by atoms with Crippen LogP contribution in [0.5, 0.6) is 0 Å². The van der Waals surface area contributed by atoms with E-state index in [1.165, 1.54) is 12.2 Å². The van der Waals surface area contributed by atoms with Gasteiger partial charge in [-0.25, -0.2) is 0 Å². The van der Waals surface area contributed by atoms with E-state index in [2.05, 4.69) is 0 Å². The summed E-state index contributed by atoms with van der Waals surface area (Å²) in [6, 6.07) is 0. The summed E-state index contributed by atoms with van der Waals surface area (Å²) >= 11 is 0. The summed E-state index contributed by atoms with van der Waals surface area (Å²) in [5.41, 5.74) is 0. The van der Waals surface area contributed by atoms with E-state index in [1.54, 1.807) is 0 Å². The first-order valence-electron chi connectivity index (χ1n) is 2.60. The van der Waals surface area contributed by atoms with E-state index < -0.39 is 15.9 Å². The van der Waals surface area contributed by atoms with Gasteiger partial charge in [-0.15, -0.1) is 0 Å². The van der Waals surface area contributed by atoms with E-state index in [-0.39, 0.29) is 6.42 Å². The number of hydrogen-bond donors (Lipinski definition) is 1. The molecule has 0 saturated carbocycles. The van der Waals surface area contributed by atoms with Crippen molar-refractivity contribution in [2.24, 2.45) is 0 Å². The van der Waals surface area contributed by atoms with Crippen molar-refractivity contribution in [3.63, 3.8) is 0 Å². The number of hydrogen-bond acceptors (Lipinski definition) is 3. The molecule has 0 aromatic heterocycles. The highest BCUT2D eigenvalue weighted by Gasteiger charge is 1.97. The van der Waals surface area contributed by atoms with Gasteiger partial charge in [0.1, 0.15) is 6.29 Å². The van der Waals surface area contributed by atoms with Crippen LogP contribution in [0.15, 0.2) is 12.2 Å². The molecule has 0 rings (SSSR count). The highest BCUT2D eigenvalue weighted by molar-refractivity contribution is 7.85. The van der Waals surface area contributed by atoms with Gasteiger partial charge >= 0.3 is 0 Å². The molecule has 0 heterocycles. The van der Waals surface area contributed by atoms with E-state index in [9.17, 15) is 13.2 Å². The molecular formula is C5H8O4S. The van der Waals surface area contributed by atoms with Crippen LogP contribution in [0.3, 0.4) is 0 Å². The van der Waals surface area contributed by atoms with Gasteiger partial charge in [0.25, 0.3) is 10.1 Å². The van der Waals surface area contributed by atoms with Crippen LogP contribution in [0.1, 0.15) is 6.42 Å². The van der Waals surface area contributed by atoms with Gasteiger partial charge in [-0.1, -0.05) is 12.2 Å². The molecule has 58 valence electrons. The molecular weight excluding hydrogens is 156 g/mol. The zero-order chi connectivity index (χ0) is 8.04. The van der Waals surface area contributed by atoms with Gasteiger partial charge < -0.3 is 4.79 Å². The molecule has 0 aromatic rings. The Hall–Kier alpha value is -0.680. The minimum atomic E-state index is -3.91. The highest BCUT2D eigenvalue weighted by atomic mass is 32.2. The van der Waals surface area contributed by atoms with Gasteiger partial charge in [-0.05, 0) is 0 Å². The normalized spacial score (nSPS) is 12.1. The number of allylic oxidation sites excluding steroid dienone is 1. The van der Waals surface area contributed by atoms with Crippen molar-refractivity contribution in [1.82, 2.24) is 0 Å². The molecule has 5 heteroatoms. The van der Waals surface area contributed by atoms with Crippen LogP contribution in [0.25, 0.3) is 0 Å². The Morgan fingerprint density at radius 2 is 1.90 bits per heavy atom. The molecule has 0 radical (unpaired) electrons. The average Bonchev–Trinajstić information content (AvgIpc) is 1.78. The fourth-order valence-electron chi connectivity index (χ4n) is 0.341. The lowest BCUT2D eigenvalue weighted by Gasteiger charge is -1.85. The smallest absolute Gasteiger partial charge is 0.268 e. The monoisotopic (exact) mass is 164 g/mol. The molecule has 0 unspecified atom stereocenters. The van der Waals surface area contributed by atoms with Crippen molar-refractivity contribution in [3.05, 3.63) is 12.2 Å². The molecule has 10 heavy (non-hydrogen) atoms. The minimum Gasteiger partial charge on any atom is -0.303 e. The third-order valence-electron chi connectivity index (χ3n) is 0.706. The average molecular weight is 164 g/mol. The Morgan fingerprint density at radius 3 is 2.30 bits per heavy atom. The van der Waals surface area contributed by atoms with Gasteiger partial charge in [0, 0.05) is 6.42 Å². The quantitative estimate of drug-likeness (QED) is 0.361. The lowest BCUT2D eigenvalue weighted by molar-refractivity contribution is -0.107. The maximum atomic E-state index is 10.0. The van der Waals surface area contributed by atoms with E-state index in [4.69, 9.17) is 4.55 Å². The number of carbonyl (C=O) groups is 1. The topological polar surface area (TPSA) is 71.4 Å². The first-order chi connectivity index (χ1) is 4.56. The first kappa shape index (κ1) is 9.32. The Kier molecular flexibility index (Phi) is 3.90. The summed E-state index contributed by atoms with van der Waals surface area (Å²) in [5, 5.41) is 0. The van der Waals surface area contributed by atoms with E-state index >= 15 is 0 Å². The predicted octanol–water partition coefficient (Wildman–Crippen LogP) is 0.0194. The van der Waals surface area contributed by atoms with Crippen LogP contribution >= 0.6 is 0 Å². The largest absolute Gasteiger partial charge is 0.303 e. The van der Waals surface area contributed by atoms with Crippen molar-refractivity contribution >= 4 is 16.4 Å². The summed E-state index contributed by atoms with van der Waals surface area (Å²) in [4.78, 5) is 9.67. The highest BCUT2D eigenvalue weighted by Crippen LogP contribution is 1.84. The number of rotatable bonds is 4. The maximum Gasteiger partial charge on any atom is 0.268 e. The molecule has 4 nitrogen and oxygen atoms in total. The SMILES string of the molecule is O=CCC=CCS(=O)(=O)O. The Balaban J connectivity index is 3.65. The molecule has 0 aliphatic carbocycles. The van der Waals surface area contributed by atoms with Gasteiger partial charge in [-0.3, -0.25) is 4.55 Å². The van der Waals surface area contributed by atoms with Crippen LogP contribution in [0, 0.1) is 0 Å². The Labute approximate surface area is 59.3 Å². The van der Waals surface area contributed by atoms with Crippen LogP contribution in [-0.2, 0) is 14.9 Å². The van der Waals surface area contributed by atoms with Crippen molar-refractivity contribution in [3.8, 4) is 0 Å². The van der Waals surface area contributed by atoms with Gasteiger partial charge in [0.15, 0.2) is 0 Å². The van der Waals surface area contributed by atoms with E-state index in [1.807, 2.05) is 0 Å². The van der Waals surface area contributed by atoms with E-state index in [0.29, 0.717) is 6.29 Å². The lowest BCUT2D eigenvalue weighted by atomic mass is 10.4. The summed E-state index contributed by atoms with van der Waals surface area (Å²) in [5.74, 6) is -0.430. The Bertz CT molecular complexity index is 214. The van der Waals surface area contributed by atoms with Crippen LogP contribution in [0.4, 0.5) is 0 Å². The van der Waals surface area contributed by atoms with E-state index in [0.717, 1.165) is 0 Å². The Morgan fingerprint density at radius 1 is 1.30 bits per heavy atom. The van der Waals surface area contributed by atoms with Gasteiger partial charge in [0.2, 0.25) is 0 Å². The summed E-state index contributed by atoms with van der Waals surface area (Å²) in [6.07, 6.45) is 3.42. The molecule has 0 atom stereocenters. The van der Waals surface area contributed by atoms with Crippen molar-refractivity contribution in [1.29, 1.82) is 0 Å². The predicted molar refractivity (Wildman–Crippen MR) is 36.2 cm³/mol. The van der Waals surface area contributed by atoms with Crippen LogP contribution in [0.2, 0.25) is 0 Å². The molecule has 0 aliphatic heterocycles. The standard InChI is InChI=1S/C5H8O4S/c6-4-2-1-3-5-10(7,8)9/h1,3-4H,2,5H2,(H,7,8,9). The van der Waals surface area contributed by atoms with Gasteiger partial charge in [0.05, 0.1) is 5.75 Å². The maximum absolute atomic E-state index is 10.0. The molecule has 0 bridgehead atoms. The third-order valence-corrected chi connectivity index (χ3v) is 1.32. The van der Waals surface area contributed by atoms with Crippen molar-refractivity contribution in [2.45, 2.75) is 6.42 Å². The van der Waals surface area contributed by atoms with Crippen LogP contribution in [-0.4, -0.2) is 25.0 Å². The molecule has 0 spiro atoms. The fraction of sp³-hybridized carbons (Fsp3) is 0.400. The molecule has 0 amide bonds. The second kappa shape index (κ2) is 4.19. The molecule has 1 N–H and O–H groups in total. The second-order valence-corrected chi connectivity index (χ2v) is 3.12. The van der Waals surface area contributed by atoms with Crippen LogP contribution < -0.4 is 0 Å². The first-order valence-corrected chi connectivity index (χ1v) is 4.21. The molecule has 0 saturated heterocycles. The summed E-state index contributed by atoms with van der Waals surface area (Å²) < 4.78 is 28.2. The van der Waals surface area contributed by atoms with Crippen molar-refractivity contribution in [2.75, 3.05) is 5.75 Å². The number of carbonyl (C=O) groups excluding carboxylic acids is 1. The zero-order valence-electron chi connectivity index (χ0n) is 5.23. The zero-order valence-corrected chi connectivity index (χ0v) is 6.04. The molecule has 0 aromatic carbocycles. The fourth-order valence-corrected chi connectivity index (χ4v) is 0.721. The molecule has 0 fully saturated rings. The number of aldehydes is 1. The lowest BCUT2D eigenvalue weighted by Crippen LogP contribution is -1.99. The summed E-state index contributed by atoms with van der Waals surface area (Å²) in [6.45, 7) is 0. The van der Waals surface area contributed by atoms with Gasteiger partial charge in [-0.2, -0.15) is 8.42 Å². The minimum absolute atomic E-state index is 0.176. The third kappa shape index (κ3) is 7.32. The van der Waals surface area contributed by atoms with Crippen molar-refractivity contribution < 1.29 is 17.8 Å². The summed E-state index contributed by atoms with van der Waals surface area (Å²) in [7, 11) is -3.91. The second-order valence-electron chi connectivity index (χ2n) is 1.62. The molecule has 0 aliphatic rings.